The van der Waals surface area contributed by atoms with Gasteiger partial charge in [0, 0.05) is 6.54 Å². The fourth-order valence-corrected chi connectivity index (χ4v) is 3.39. The molecule has 0 radical (unpaired) electrons. The maximum atomic E-state index is 12.0. The summed E-state index contributed by atoms with van der Waals surface area (Å²) in [6.07, 6.45) is 0. The summed E-state index contributed by atoms with van der Waals surface area (Å²) < 4.78 is 27.4. The Bertz CT molecular complexity index is 617. The predicted molar refractivity (Wildman–Crippen MR) is 69.6 cm³/mol. The third kappa shape index (κ3) is 2.83. The molecule has 2 aromatic rings. The van der Waals surface area contributed by atoms with E-state index >= 15 is 0 Å². The van der Waals surface area contributed by atoms with Crippen molar-refractivity contribution in [2.24, 2.45) is 5.92 Å². The number of benzene rings is 1. The van der Waals surface area contributed by atoms with Crippen molar-refractivity contribution in [1.82, 2.24) is 9.71 Å². The van der Waals surface area contributed by atoms with E-state index < -0.39 is 10.0 Å². The highest BCUT2D eigenvalue weighted by Gasteiger charge is 2.14. The quantitative estimate of drug-likeness (QED) is 0.927. The molecule has 0 spiro atoms. The molecule has 0 amide bonds. The molecule has 17 heavy (non-hydrogen) atoms. The van der Waals surface area contributed by atoms with Gasteiger partial charge in [-0.2, -0.15) is 0 Å². The Balaban J connectivity index is 2.31. The van der Waals surface area contributed by atoms with E-state index in [0.29, 0.717) is 11.4 Å². The van der Waals surface area contributed by atoms with Crippen LogP contribution in [0.2, 0.25) is 0 Å². The lowest BCUT2D eigenvalue weighted by Gasteiger charge is -2.08. The van der Waals surface area contributed by atoms with Crippen LogP contribution in [-0.4, -0.2) is 19.9 Å². The first-order valence-corrected chi connectivity index (χ1v) is 7.68. The zero-order valence-electron chi connectivity index (χ0n) is 9.67. The summed E-state index contributed by atoms with van der Waals surface area (Å²) in [5.74, 6) is 0.289. The molecule has 0 aliphatic rings. The number of thiazole rings is 1. The summed E-state index contributed by atoms with van der Waals surface area (Å²) in [4.78, 5) is 4.42. The summed E-state index contributed by atoms with van der Waals surface area (Å²) in [7, 11) is -3.40. The minimum Gasteiger partial charge on any atom is -0.245 e. The average molecular weight is 270 g/mol. The molecule has 6 heteroatoms. The smallest absolute Gasteiger partial charge is 0.240 e. The molecule has 0 saturated heterocycles. The van der Waals surface area contributed by atoms with Crippen molar-refractivity contribution in [1.29, 1.82) is 0 Å². The second-order valence-corrected chi connectivity index (χ2v) is 6.88. The van der Waals surface area contributed by atoms with Crippen molar-refractivity contribution in [3.63, 3.8) is 0 Å². The SMILES string of the molecule is CC(C)CNS(=O)(=O)c1ccc2ncsc2c1. The molecular weight excluding hydrogens is 256 g/mol. The zero-order chi connectivity index (χ0) is 12.5. The van der Waals surface area contributed by atoms with Crippen LogP contribution >= 0.6 is 11.3 Å². The van der Waals surface area contributed by atoms with E-state index in [1.807, 2.05) is 13.8 Å². The Labute approximate surface area is 105 Å². The molecule has 0 unspecified atom stereocenters. The van der Waals surface area contributed by atoms with Crippen molar-refractivity contribution in [2.75, 3.05) is 6.54 Å². The van der Waals surface area contributed by atoms with Crippen molar-refractivity contribution in [3.8, 4) is 0 Å². The van der Waals surface area contributed by atoms with Crippen molar-refractivity contribution in [3.05, 3.63) is 23.7 Å². The first-order chi connectivity index (χ1) is 7.99. The summed E-state index contributed by atoms with van der Waals surface area (Å²) in [6, 6.07) is 4.98. The fourth-order valence-electron chi connectivity index (χ4n) is 1.36. The first-order valence-electron chi connectivity index (χ1n) is 5.32. The molecule has 1 heterocycles. The third-order valence-corrected chi connectivity index (χ3v) is 4.51. The van der Waals surface area contributed by atoms with Crippen molar-refractivity contribution >= 4 is 31.6 Å². The molecule has 0 atom stereocenters. The van der Waals surface area contributed by atoms with Crippen molar-refractivity contribution < 1.29 is 8.42 Å². The van der Waals surface area contributed by atoms with Gasteiger partial charge in [-0.15, -0.1) is 11.3 Å². The van der Waals surface area contributed by atoms with Crippen LogP contribution in [0, 0.1) is 5.92 Å². The van der Waals surface area contributed by atoms with Crippen LogP contribution < -0.4 is 4.72 Å². The molecule has 2 rings (SSSR count). The predicted octanol–water partition coefficient (Wildman–Crippen LogP) is 2.23. The second-order valence-electron chi connectivity index (χ2n) is 4.23. The Morgan fingerprint density at radius 2 is 2.18 bits per heavy atom. The normalized spacial score (nSPS) is 12.4. The average Bonchev–Trinajstić information content (AvgIpc) is 2.73. The molecule has 0 aliphatic heterocycles. The largest absolute Gasteiger partial charge is 0.245 e. The van der Waals surface area contributed by atoms with E-state index in [0.717, 1.165) is 10.2 Å². The van der Waals surface area contributed by atoms with Gasteiger partial charge in [-0.25, -0.2) is 18.1 Å². The van der Waals surface area contributed by atoms with E-state index in [4.69, 9.17) is 0 Å². The van der Waals surface area contributed by atoms with Gasteiger partial charge in [0.25, 0.3) is 0 Å². The number of aromatic nitrogens is 1. The molecule has 92 valence electrons. The molecule has 4 nitrogen and oxygen atoms in total. The number of nitrogens with zero attached hydrogens (tertiary/aromatic N) is 1. The minimum absolute atomic E-state index is 0.289. The molecule has 0 bridgehead atoms. The zero-order valence-corrected chi connectivity index (χ0v) is 11.3. The maximum absolute atomic E-state index is 12.0. The van der Waals surface area contributed by atoms with Crippen LogP contribution in [0.4, 0.5) is 0 Å². The lowest BCUT2D eigenvalue weighted by Crippen LogP contribution is -2.27. The molecule has 0 saturated carbocycles. The van der Waals surface area contributed by atoms with Gasteiger partial charge in [-0.1, -0.05) is 13.8 Å². The minimum atomic E-state index is -3.40. The Morgan fingerprint density at radius 3 is 2.88 bits per heavy atom. The monoisotopic (exact) mass is 270 g/mol. The number of hydrogen-bond acceptors (Lipinski definition) is 4. The molecule has 0 fully saturated rings. The van der Waals surface area contributed by atoms with Crippen LogP contribution in [0.5, 0.6) is 0 Å². The molecule has 1 aromatic heterocycles. The Kier molecular flexibility index (Phi) is 3.46. The van der Waals surface area contributed by atoms with Crippen LogP contribution in [0.3, 0.4) is 0 Å². The Hall–Kier alpha value is -0.980. The van der Waals surface area contributed by atoms with Crippen LogP contribution in [-0.2, 0) is 10.0 Å². The van der Waals surface area contributed by atoms with Crippen LogP contribution in [0.1, 0.15) is 13.8 Å². The highest BCUT2D eigenvalue weighted by molar-refractivity contribution is 7.89. The maximum Gasteiger partial charge on any atom is 0.240 e. The Morgan fingerprint density at radius 1 is 1.41 bits per heavy atom. The fraction of sp³-hybridized carbons (Fsp3) is 0.364. The van der Waals surface area contributed by atoms with E-state index in [9.17, 15) is 8.42 Å². The van der Waals surface area contributed by atoms with Crippen molar-refractivity contribution in [2.45, 2.75) is 18.7 Å². The molecule has 1 N–H and O–H groups in total. The summed E-state index contributed by atoms with van der Waals surface area (Å²) in [5, 5.41) is 0. The van der Waals surface area contributed by atoms with E-state index in [1.165, 1.54) is 11.3 Å². The topological polar surface area (TPSA) is 59.1 Å². The number of nitrogens with one attached hydrogen (secondary N) is 1. The van der Waals surface area contributed by atoms with Gasteiger partial charge in [0.05, 0.1) is 20.6 Å². The summed E-state index contributed by atoms with van der Waals surface area (Å²) in [5.41, 5.74) is 2.54. The van der Waals surface area contributed by atoms with Gasteiger partial charge < -0.3 is 0 Å². The summed E-state index contributed by atoms with van der Waals surface area (Å²) >= 11 is 1.44. The van der Waals surface area contributed by atoms with Gasteiger partial charge in [-0.05, 0) is 24.1 Å². The third-order valence-electron chi connectivity index (χ3n) is 2.29. The highest BCUT2D eigenvalue weighted by Crippen LogP contribution is 2.21. The number of rotatable bonds is 4. The number of hydrogen-bond donors (Lipinski definition) is 1. The second kappa shape index (κ2) is 4.72. The lowest BCUT2D eigenvalue weighted by atomic mass is 10.2. The van der Waals surface area contributed by atoms with Gasteiger partial charge in [0.2, 0.25) is 10.0 Å². The number of sulfonamides is 1. The van der Waals surface area contributed by atoms with E-state index in [2.05, 4.69) is 9.71 Å². The van der Waals surface area contributed by atoms with Gasteiger partial charge in [-0.3, -0.25) is 0 Å². The van der Waals surface area contributed by atoms with Gasteiger partial charge >= 0.3 is 0 Å². The van der Waals surface area contributed by atoms with E-state index in [-0.39, 0.29) is 5.92 Å². The summed E-state index contributed by atoms with van der Waals surface area (Å²) in [6.45, 7) is 4.38. The number of fused-ring (bicyclic) bond motifs is 1. The van der Waals surface area contributed by atoms with E-state index in [1.54, 1.807) is 23.7 Å². The lowest BCUT2D eigenvalue weighted by molar-refractivity contribution is 0.560. The highest BCUT2D eigenvalue weighted by atomic mass is 32.2. The molecular formula is C11H14N2O2S2. The first kappa shape index (κ1) is 12.5. The standard InChI is InChI=1S/C11H14N2O2S2/c1-8(2)6-13-17(14,15)9-3-4-10-11(5-9)16-7-12-10/h3-5,7-8,13H,6H2,1-2H3. The van der Waals surface area contributed by atoms with Gasteiger partial charge in [0.15, 0.2) is 0 Å². The van der Waals surface area contributed by atoms with Gasteiger partial charge in [0.1, 0.15) is 0 Å². The van der Waals surface area contributed by atoms with Crippen LogP contribution in [0.15, 0.2) is 28.6 Å². The molecule has 1 aromatic carbocycles. The van der Waals surface area contributed by atoms with Crippen LogP contribution in [0.25, 0.3) is 10.2 Å². The molecule has 0 aliphatic carbocycles.